The molecule has 1 aromatic heterocycles. The van der Waals surface area contributed by atoms with Crippen LogP contribution in [0.3, 0.4) is 0 Å². The number of aromatic nitrogens is 2. The summed E-state index contributed by atoms with van der Waals surface area (Å²) >= 11 is 0. The van der Waals surface area contributed by atoms with E-state index in [1.807, 2.05) is 49.4 Å². The molecule has 1 N–H and O–H groups in total. The van der Waals surface area contributed by atoms with E-state index in [1.54, 1.807) is 0 Å². The van der Waals surface area contributed by atoms with Gasteiger partial charge in [0.2, 0.25) is 5.82 Å². The molecule has 2 aromatic carbocycles. The Morgan fingerprint density at radius 1 is 1.09 bits per heavy atom. The number of hydrogen-bond donors (Lipinski definition) is 1. The normalized spacial score (nSPS) is 12.1. The first-order chi connectivity index (χ1) is 10.6. The van der Waals surface area contributed by atoms with Crippen molar-refractivity contribution in [1.29, 1.82) is 0 Å². The highest BCUT2D eigenvalue weighted by molar-refractivity contribution is 5.90. The Morgan fingerprint density at radius 3 is 2.50 bits per heavy atom. The zero-order valence-corrected chi connectivity index (χ0v) is 12.0. The molecule has 1 atom stereocenters. The standard InChI is InChI=1S/C17H14FN3O/c1-11(21-17(22)16-19-9-15(18)10-20-16)13-7-6-12-4-2-3-5-14(12)8-13/h2-11H,1H3,(H,21,22)/t11-/m0/s1. The molecule has 0 bridgehead atoms. The van der Waals surface area contributed by atoms with Gasteiger partial charge in [0, 0.05) is 0 Å². The average Bonchev–Trinajstić information content (AvgIpc) is 2.55. The maximum atomic E-state index is 12.8. The van der Waals surface area contributed by atoms with Crippen LogP contribution in [0.2, 0.25) is 0 Å². The molecule has 0 aliphatic heterocycles. The second-order valence-electron chi connectivity index (χ2n) is 5.03. The van der Waals surface area contributed by atoms with Crippen molar-refractivity contribution in [2.24, 2.45) is 0 Å². The highest BCUT2D eigenvalue weighted by atomic mass is 19.1. The van der Waals surface area contributed by atoms with E-state index in [9.17, 15) is 9.18 Å². The molecule has 1 amide bonds. The molecular weight excluding hydrogens is 281 g/mol. The number of benzene rings is 2. The Kier molecular flexibility index (Phi) is 3.78. The molecule has 5 heteroatoms. The van der Waals surface area contributed by atoms with Gasteiger partial charge in [-0.25, -0.2) is 14.4 Å². The monoisotopic (exact) mass is 295 g/mol. The summed E-state index contributed by atoms with van der Waals surface area (Å²) < 4.78 is 12.8. The predicted molar refractivity (Wildman–Crippen MR) is 81.8 cm³/mol. The molecule has 0 saturated carbocycles. The number of nitrogens with one attached hydrogen (secondary N) is 1. The molecule has 22 heavy (non-hydrogen) atoms. The molecule has 4 nitrogen and oxygen atoms in total. The van der Waals surface area contributed by atoms with Gasteiger partial charge in [-0.2, -0.15) is 0 Å². The average molecular weight is 295 g/mol. The van der Waals surface area contributed by atoms with Gasteiger partial charge < -0.3 is 5.32 Å². The van der Waals surface area contributed by atoms with E-state index in [1.165, 1.54) is 0 Å². The number of carbonyl (C=O) groups is 1. The number of hydrogen-bond acceptors (Lipinski definition) is 3. The molecule has 0 spiro atoms. The van der Waals surface area contributed by atoms with E-state index < -0.39 is 11.7 Å². The van der Waals surface area contributed by atoms with Crippen molar-refractivity contribution in [2.75, 3.05) is 0 Å². The molecule has 1 heterocycles. The fourth-order valence-corrected chi connectivity index (χ4v) is 2.25. The maximum Gasteiger partial charge on any atom is 0.289 e. The Hall–Kier alpha value is -2.82. The van der Waals surface area contributed by atoms with Gasteiger partial charge in [0.05, 0.1) is 18.4 Å². The van der Waals surface area contributed by atoms with Gasteiger partial charge in [0.1, 0.15) is 0 Å². The molecule has 0 saturated heterocycles. The number of carbonyl (C=O) groups excluding carboxylic acids is 1. The molecule has 110 valence electrons. The minimum absolute atomic E-state index is 0.0472. The van der Waals surface area contributed by atoms with Crippen molar-refractivity contribution in [3.8, 4) is 0 Å². The van der Waals surface area contributed by atoms with Crippen molar-refractivity contribution in [2.45, 2.75) is 13.0 Å². The molecule has 0 aliphatic rings. The van der Waals surface area contributed by atoms with Crippen LogP contribution in [0.25, 0.3) is 10.8 Å². The van der Waals surface area contributed by atoms with Crippen LogP contribution >= 0.6 is 0 Å². The Bertz CT molecular complexity index is 818. The van der Waals surface area contributed by atoms with Gasteiger partial charge in [-0.1, -0.05) is 36.4 Å². The van der Waals surface area contributed by atoms with Crippen LogP contribution in [-0.4, -0.2) is 15.9 Å². The van der Waals surface area contributed by atoms with Crippen molar-refractivity contribution < 1.29 is 9.18 Å². The van der Waals surface area contributed by atoms with E-state index in [-0.39, 0.29) is 11.9 Å². The van der Waals surface area contributed by atoms with Crippen LogP contribution in [0.5, 0.6) is 0 Å². The zero-order chi connectivity index (χ0) is 15.5. The van der Waals surface area contributed by atoms with E-state index in [0.717, 1.165) is 28.7 Å². The van der Waals surface area contributed by atoms with Crippen LogP contribution in [-0.2, 0) is 0 Å². The molecule has 0 fully saturated rings. The van der Waals surface area contributed by atoms with Gasteiger partial charge in [0.25, 0.3) is 5.91 Å². The van der Waals surface area contributed by atoms with E-state index >= 15 is 0 Å². The predicted octanol–water partition coefficient (Wildman–Crippen LogP) is 3.26. The number of halogens is 1. The molecule has 0 radical (unpaired) electrons. The van der Waals surface area contributed by atoms with Crippen molar-refractivity contribution >= 4 is 16.7 Å². The van der Waals surface area contributed by atoms with Gasteiger partial charge in [0.15, 0.2) is 5.82 Å². The fraction of sp³-hybridized carbons (Fsp3) is 0.118. The summed E-state index contributed by atoms with van der Waals surface area (Å²) in [5.74, 6) is -1.05. The zero-order valence-electron chi connectivity index (χ0n) is 12.0. The highest BCUT2D eigenvalue weighted by Gasteiger charge is 2.14. The lowest BCUT2D eigenvalue weighted by molar-refractivity contribution is 0.0929. The van der Waals surface area contributed by atoms with Crippen LogP contribution in [0.15, 0.2) is 54.9 Å². The topological polar surface area (TPSA) is 54.9 Å². The minimum atomic E-state index is -0.570. The first-order valence-corrected chi connectivity index (χ1v) is 6.90. The maximum absolute atomic E-state index is 12.8. The van der Waals surface area contributed by atoms with E-state index in [2.05, 4.69) is 15.3 Å². The van der Waals surface area contributed by atoms with Gasteiger partial charge in [-0.15, -0.1) is 0 Å². The smallest absolute Gasteiger partial charge is 0.289 e. The molecule has 0 aliphatic carbocycles. The third-order valence-electron chi connectivity index (χ3n) is 3.44. The first kappa shape index (κ1) is 14.1. The Balaban J connectivity index is 1.79. The second kappa shape index (κ2) is 5.89. The summed E-state index contributed by atoms with van der Waals surface area (Å²) in [5, 5.41) is 5.07. The van der Waals surface area contributed by atoms with Crippen molar-refractivity contribution in [3.63, 3.8) is 0 Å². The molecular formula is C17H14FN3O. The minimum Gasteiger partial charge on any atom is -0.343 e. The lowest BCUT2D eigenvalue weighted by Crippen LogP contribution is -2.28. The molecule has 3 rings (SSSR count). The lowest BCUT2D eigenvalue weighted by Gasteiger charge is -2.14. The lowest BCUT2D eigenvalue weighted by atomic mass is 10.0. The highest BCUT2D eigenvalue weighted by Crippen LogP contribution is 2.20. The molecule has 0 unspecified atom stereocenters. The summed E-state index contributed by atoms with van der Waals surface area (Å²) in [6, 6.07) is 13.8. The largest absolute Gasteiger partial charge is 0.343 e. The third kappa shape index (κ3) is 2.93. The number of rotatable bonds is 3. The molecule has 3 aromatic rings. The van der Waals surface area contributed by atoms with Crippen LogP contribution in [0.4, 0.5) is 4.39 Å². The number of amides is 1. The summed E-state index contributed by atoms with van der Waals surface area (Å²) in [7, 11) is 0. The van der Waals surface area contributed by atoms with E-state index in [4.69, 9.17) is 0 Å². The summed E-state index contributed by atoms with van der Waals surface area (Å²) in [6.45, 7) is 1.88. The van der Waals surface area contributed by atoms with E-state index in [0.29, 0.717) is 0 Å². The van der Waals surface area contributed by atoms with Crippen LogP contribution in [0.1, 0.15) is 29.1 Å². The van der Waals surface area contributed by atoms with Crippen LogP contribution in [0, 0.1) is 5.82 Å². The quantitative estimate of drug-likeness (QED) is 0.807. The summed E-state index contributed by atoms with van der Waals surface area (Å²) in [5.41, 5.74) is 0.981. The fourth-order valence-electron chi connectivity index (χ4n) is 2.25. The van der Waals surface area contributed by atoms with Gasteiger partial charge in [-0.3, -0.25) is 4.79 Å². The second-order valence-corrected chi connectivity index (χ2v) is 5.03. The SMILES string of the molecule is C[C@H](NC(=O)c1ncc(F)cn1)c1ccc2ccccc2c1. The number of fused-ring (bicyclic) bond motifs is 1. The third-order valence-corrected chi connectivity index (χ3v) is 3.44. The Morgan fingerprint density at radius 2 is 1.77 bits per heavy atom. The summed E-state index contributed by atoms with van der Waals surface area (Å²) in [4.78, 5) is 19.4. The van der Waals surface area contributed by atoms with Crippen molar-refractivity contribution in [3.05, 3.63) is 72.1 Å². The van der Waals surface area contributed by atoms with Gasteiger partial charge in [-0.05, 0) is 29.3 Å². The first-order valence-electron chi connectivity index (χ1n) is 6.90. The Labute approximate surface area is 127 Å². The summed E-state index contributed by atoms with van der Waals surface area (Å²) in [6.07, 6.45) is 1.95. The van der Waals surface area contributed by atoms with Crippen LogP contribution < -0.4 is 5.32 Å². The van der Waals surface area contributed by atoms with Gasteiger partial charge >= 0.3 is 0 Å². The van der Waals surface area contributed by atoms with Crippen molar-refractivity contribution in [1.82, 2.24) is 15.3 Å². The number of nitrogens with zero attached hydrogens (tertiary/aromatic N) is 2.